The van der Waals surface area contributed by atoms with Crippen molar-refractivity contribution in [1.82, 2.24) is 5.32 Å². The van der Waals surface area contributed by atoms with Gasteiger partial charge in [-0.05, 0) is 31.2 Å². The van der Waals surface area contributed by atoms with E-state index < -0.39 is 0 Å². The summed E-state index contributed by atoms with van der Waals surface area (Å²) in [6, 6.07) is 6.50. The summed E-state index contributed by atoms with van der Waals surface area (Å²) in [5, 5.41) is 3.17. The lowest BCUT2D eigenvalue weighted by molar-refractivity contribution is 0.191. The van der Waals surface area contributed by atoms with E-state index >= 15 is 0 Å². The Morgan fingerprint density at radius 2 is 1.90 bits per heavy atom. The van der Waals surface area contributed by atoms with Crippen molar-refractivity contribution in [2.75, 3.05) is 52.5 Å². The zero-order valence-electron chi connectivity index (χ0n) is 12.6. The summed E-state index contributed by atoms with van der Waals surface area (Å²) in [6.07, 6.45) is 1.01. The van der Waals surface area contributed by atoms with Crippen LogP contribution in [0.2, 0.25) is 0 Å². The van der Waals surface area contributed by atoms with E-state index in [1.165, 1.54) is 11.3 Å². The first kappa shape index (κ1) is 17.4. The van der Waals surface area contributed by atoms with E-state index in [1.807, 2.05) is 7.05 Å². The molecule has 1 aromatic carbocycles. The van der Waals surface area contributed by atoms with Crippen LogP contribution >= 0.6 is 15.9 Å². The van der Waals surface area contributed by atoms with Gasteiger partial charge in [0.1, 0.15) is 0 Å². The van der Waals surface area contributed by atoms with Crippen molar-refractivity contribution in [1.29, 1.82) is 0 Å². The highest BCUT2D eigenvalue weighted by Crippen LogP contribution is 2.24. The van der Waals surface area contributed by atoms with E-state index in [4.69, 9.17) is 9.47 Å². The molecule has 0 saturated carbocycles. The average Bonchev–Trinajstić information content (AvgIpc) is 2.45. The van der Waals surface area contributed by atoms with Gasteiger partial charge in [-0.1, -0.05) is 22.0 Å². The first-order valence-electron chi connectivity index (χ1n) is 6.88. The molecule has 0 aromatic heterocycles. The van der Waals surface area contributed by atoms with Crippen LogP contribution in [-0.2, 0) is 16.0 Å². The Morgan fingerprint density at radius 3 is 2.50 bits per heavy atom. The minimum absolute atomic E-state index is 0.725. The van der Waals surface area contributed by atoms with Crippen molar-refractivity contribution < 1.29 is 9.47 Å². The van der Waals surface area contributed by atoms with E-state index in [9.17, 15) is 0 Å². The number of nitrogens with zero attached hydrogens (tertiary/aromatic N) is 1. The number of benzene rings is 1. The van der Waals surface area contributed by atoms with Crippen LogP contribution in [0.4, 0.5) is 5.69 Å². The normalized spacial score (nSPS) is 10.8. The van der Waals surface area contributed by atoms with E-state index in [1.54, 1.807) is 14.2 Å². The maximum Gasteiger partial charge on any atom is 0.0637 e. The minimum atomic E-state index is 0.725. The largest absolute Gasteiger partial charge is 0.385 e. The SMILES string of the molecule is CNCc1ccc(N(CCCOC)CCOC)cc1Br. The molecule has 0 fully saturated rings. The van der Waals surface area contributed by atoms with E-state index in [0.717, 1.165) is 43.7 Å². The van der Waals surface area contributed by atoms with Crippen LogP contribution in [0.1, 0.15) is 12.0 Å². The summed E-state index contributed by atoms with van der Waals surface area (Å²) in [4.78, 5) is 2.33. The molecule has 0 bridgehead atoms. The lowest BCUT2D eigenvalue weighted by Gasteiger charge is -2.25. The average molecular weight is 345 g/mol. The second kappa shape index (κ2) is 10.2. The van der Waals surface area contributed by atoms with Gasteiger partial charge in [0, 0.05) is 50.6 Å². The fourth-order valence-corrected chi connectivity index (χ4v) is 2.54. The monoisotopic (exact) mass is 344 g/mol. The van der Waals surface area contributed by atoms with Crippen molar-refractivity contribution in [3.05, 3.63) is 28.2 Å². The number of hydrogen-bond acceptors (Lipinski definition) is 4. The molecule has 5 heteroatoms. The van der Waals surface area contributed by atoms with Crippen LogP contribution in [0.25, 0.3) is 0 Å². The summed E-state index contributed by atoms with van der Waals surface area (Å²) in [6.45, 7) is 4.22. The molecule has 20 heavy (non-hydrogen) atoms. The first-order chi connectivity index (χ1) is 9.72. The second-order valence-corrected chi connectivity index (χ2v) is 5.49. The zero-order chi connectivity index (χ0) is 14.8. The summed E-state index contributed by atoms with van der Waals surface area (Å²) < 4.78 is 11.5. The Labute approximate surface area is 130 Å². The van der Waals surface area contributed by atoms with Gasteiger partial charge in [0.05, 0.1) is 6.61 Å². The van der Waals surface area contributed by atoms with Gasteiger partial charge in [0.25, 0.3) is 0 Å². The molecule has 0 aliphatic heterocycles. The summed E-state index contributed by atoms with van der Waals surface area (Å²) in [5.74, 6) is 0. The van der Waals surface area contributed by atoms with E-state index in [0.29, 0.717) is 0 Å². The summed E-state index contributed by atoms with van der Waals surface area (Å²) in [7, 11) is 5.43. The lowest BCUT2D eigenvalue weighted by atomic mass is 10.2. The predicted octanol–water partition coefficient (Wildman–Crippen LogP) is 2.66. The number of ether oxygens (including phenoxy) is 2. The van der Waals surface area contributed by atoms with Crippen LogP contribution in [-0.4, -0.2) is 47.6 Å². The predicted molar refractivity (Wildman–Crippen MR) is 87.5 cm³/mol. The number of halogens is 1. The molecule has 1 rings (SSSR count). The smallest absolute Gasteiger partial charge is 0.0637 e. The quantitative estimate of drug-likeness (QED) is 0.661. The standard InChI is InChI=1S/C15H25BrN2O2/c1-17-12-13-5-6-14(11-15(13)16)18(8-10-20-3)7-4-9-19-2/h5-6,11,17H,4,7-10,12H2,1-3H3. The minimum Gasteiger partial charge on any atom is -0.385 e. The van der Waals surface area contributed by atoms with Crippen LogP contribution in [0, 0.1) is 0 Å². The molecular formula is C15H25BrN2O2. The van der Waals surface area contributed by atoms with Gasteiger partial charge in [-0.2, -0.15) is 0 Å². The van der Waals surface area contributed by atoms with Gasteiger partial charge in [0.2, 0.25) is 0 Å². The number of rotatable bonds is 10. The first-order valence-corrected chi connectivity index (χ1v) is 7.68. The van der Waals surface area contributed by atoms with Gasteiger partial charge in [-0.3, -0.25) is 0 Å². The molecule has 0 amide bonds. The van der Waals surface area contributed by atoms with E-state index in [2.05, 4.69) is 44.3 Å². The van der Waals surface area contributed by atoms with Crippen molar-refractivity contribution >= 4 is 21.6 Å². The van der Waals surface area contributed by atoms with Gasteiger partial charge in [-0.25, -0.2) is 0 Å². The Kier molecular flexibility index (Phi) is 8.85. The van der Waals surface area contributed by atoms with Gasteiger partial charge in [-0.15, -0.1) is 0 Å². The van der Waals surface area contributed by atoms with Crippen LogP contribution in [0.15, 0.2) is 22.7 Å². The molecule has 0 unspecified atom stereocenters. The number of anilines is 1. The third kappa shape index (κ3) is 5.79. The number of hydrogen-bond donors (Lipinski definition) is 1. The van der Waals surface area contributed by atoms with Crippen LogP contribution in [0.3, 0.4) is 0 Å². The lowest BCUT2D eigenvalue weighted by Crippen LogP contribution is -2.29. The third-order valence-corrected chi connectivity index (χ3v) is 3.85. The molecule has 0 spiro atoms. The maximum atomic E-state index is 5.20. The van der Waals surface area contributed by atoms with Gasteiger partial charge in [0.15, 0.2) is 0 Å². The fourth-order valence-electron chi connectivity index (χ4n) is 2.04. The van der Waals surface area contributed by atoms with Crippen LogP contribution in [0.5, 0.6) is 0 Å². The van der Waals surface area contributed by atoms with E-state index in [-0.39, 0.29) is 0 Å². The topological polar surface area (TPSA) is 33.7 Å². The van der Waals surface area contributed by atoms with Crippen molar-refractivity contribution in [2.45, 2.75) is 13.0 Å². The van der Waals surface area contributed by atoms with Gasteiger partial charge < -0.3 is 19.7 Å². The number of nitrogens with one attached hydrogen (secondary N) is 1. The summed E-state index contributed by atoms with van der Waals surface area (Å²) >= 11 is 3.64. The molecular weight excluding hydrogens is 320 g/mol. The Morgan fingerprint density at radius 1 is 1.15 bits per heavy atom. The Bertz CT molecular complexity index is 388. The molecule has 114 valence electrons. The van der Waals surface area contributed by atoms with Gasteiger partial charge >= 0.3 is 0 Å². The fraction of sp³-hybridized carbons (Fsp3) is 0.600. The molecule has 0 heterocycles. The highest BCUT2D eigenvalue weighted by atomic mass is 79.9. The van der Waals surface area contributed by atoms with Crippen molar-refractivity contribution in [2.24, 2.45) is 0 Å². The highest BCUT2D eigenvalue weighted by Gasteiger charge is 2.08. The molecule has 1 aromatic rings. The van der Waals surface area contributed by atoms with Crippen molar-refractivity contribution in [3.8, 4) is 0 Å². The van der Waals surface area contributed by atoms with Crippen LogP contribution < -0.4 is 10.2 Å². The Hall–Kier alpha value is -0.620. The van der Waals surface area contributed by atoms with Crippen molar-refractivity contribution in [3.63, 3.8) is 0 Å². The summed E-state index contributed by atoms with van der Waals surface area (Å²) in [5.41, 5.74) is 2.48. The molecule has 1 N–H and O–H groups in total. The highest BCUT2D eigenvalue weighted by molar-refractivity contribution is 9.10. The Balaban J connectivity index is 2.75. The molecule has 0 saturated heterocycles. The molecule has 0 radical (unpaired) electrons. The molecule has 0 aliphatic carbocycles. The second-order valence-electron chi connectivity index (χ2n) is 4.63. The number of methoxy groups -OCH3 is 2. The zero-order valence-corrected chi connectivity index (χ0v) is 14.2. The molecule has 0 aliphatic rings. The molecule has 4 nitrogen and oxygen atoms in total. The third-order valence-electron chi connectivity index (χ3n) is 3.11. The molecule has 0 atom stereocenters. The maximum absolute atomic E-state index is 5.20.